The topological polar surface area (TPSA) is 128 Å². The van der Waals surface area contributed by atoms with Crippen molar-refractivity contribution in [2.24, 2.45) is 12.9 Å². The van der Waals surface area contributed by atoms with E-state index < -0.39 is 10.0 Å². The maximum atomic E-state index is 12.1. The van der Waals surface area contributed by atoms with E-state index in [1.165, 1.54) is 17.1 Å². The summed E-state index contributed by atoms with van der Waals surface area (Å²) in [7, 11) is -2.29. The third kappa shape index (κ3) is 2.75. The predicted molar refractivity (Wildman–Crippen MR) is 68.9 cm³/mol. The lowest BCUT2D eigenvalue weighted by Gasteiger charge is -2.08. The van der Waals surface area contributed by atoms with Gasteiger partial charge in [-0.3, -0.25) is 0 Å². The van der Waals surface area contributed by atoms with E-state index in [2.05, 4.69) is 25.2 Å². The number of aryl methyl sites for hydroxylation is 1. The van der Waals surface area contributed by atoms with Crippen molar-refractivity contribution in [3.8, 4) is 0 Å². The van der Waals surface area contributed by atoms with Gasteiger partial charge in [0.2, 0.25) is 5.95 Å². The van der Waals surface area contributed by atoms with E-state index in [4.69, 9.17) is 17.4 Å². The third-order valence-electron chi connectivity index (χ3n) is 2.20. The van der Waals surface area contributed by atoms with Crippen molar-refractivity contribution in [3.05, 3.63) is 23.6 Å². The van der Waals surface area contributed by atoms with Crippen LogP contribution < -0.4 is 16.0 Å². The Labute approximate surface area is 113 Å². The van der Waals surface area contributed by atoms with Gasteiger partial charge in [-0.15, -0.1) is 0 Å². The Morgan fingerprint density at radius 1 is 1.42 bits per heavy atom. The fourth-order valence-corrected chi connectivity index (χ4v) is 2.53. The first-order valence-corrected chi connectivity index (χ1v) is 6.79. The number of nitrogens with zero attached hydrogens (tertiary/aromatic N) is 4. The smallest absolute Gasteiger partial charge is 0.265 e. The van der Waals surface area contributed by atoms with Gasteiger partial charge >= 0.3 is 0 Å². The second kappa shape index (κ2) is 4.99. The average Bonchev–Trinajstić information content (AvgIpc) is 2.74. The van der Waals surface area contributed by atoms with Crippen molar-refractivity contribution in [2.75, 3.05) is 10.1 Å². The van der Waals surface area contributed by atoms with Gasteiger partial charge in [-0.25, -0.2) is 28.6 Å². The summed E-state index contributed by atoms with van der Waals surface area (Å²) in [5, 5.41) is 3.84. The van der Waals surface area contributed by atoms with E-state index in [-0.39, 0.29) is 21.7 Å². The van der Waals surface area contributed by atoms with E-state index >= 15 is 0 Å². The number of nitrogen functional groups attached to an aromatic ring is 1. The van der Waals surface area contributed by atoms with Crippen molar-refractivity contribution in [2.45, 2.75) is 4.90 Å². The average molecular weight is 304 g/mol. The summed E-state index contributed by atoms with van der Waals surface area (Å²) in [6.07, 6.45) is 2.35. The summed E-state index contributed by atoms with van der Waals surface area (Å²) < 4.78 is 27.7. The third-order valence-corrected chi connectivity index (χ3v) is 3.78. The molecule has 11 heteroatoms. The van der Waals surface area contributed by atoms with Gasteiger partial charge in [-0.05, 0) is 6.07 Å². The van der Waals surface area contributed by atoms with Gasteiger partial charge < -0.3 is 5.43 Å². The molecule has 2 aromatic heterocycles. The number of nitrogens with two attached hydrogens (primary N) is 1. The van der Waals surface area contributed by atoms with E-state index in [9.17, 15) is 8.42 Å². The highest BCUT2D eigenvalue weighted by atomic mass is 35.5. The van der Waals surface area contributed by atoms with Crippen molar-refractivity contribution < 1.29 is 8.42 Å². The Morgan fingerprint density at radius 3 is 2.68 bits per heavy atom. The maximum absolute atomic E-state index is 12.1. The Kier molecular flexibility index (Phi) is 3.55. The molecule has 9 nitrogen and oxygen atoms in total. The number of anilines is 2. The highest BCUT2D eigenvalue weighted by molar-refractivity contribution is 7.92. The van der Waals surface area contributed by atoms with Gasteiger partial charge in [0.25, 0.3) is 10.0 Å². The molecule has 0 fully saturated rings. The largest absolute Gasteiger partial charge is 0.307 e. The van der Waals surface area contributed by atoms with E-state index in [1.54, 1.807) is 7.05 Å². The Bertz CT molecular complexity index is 699. The molecule has 102 valence electrons. The molecule has 19 heavy (non-hydrogen) atoms. The fraction of sp³-hybridized carbons (Fsp3) is 0.125. The molecule has 0 radical (unpaired) electrons. The minimum atomic E-state index is -3.84. The van der Waals surface area contributed by atoms with Crippen molar-refractivity contribution >= 4 is 33.4 Å². The van der Waals surface area contributed by atoms with Crippen LogP contribution in [0.25, 0.3) is 0 Å². The number of aromatic nitrogens is 4. The summed E-state index contributed by atoms with van der Waals surface area (Å²) in [6, 6.07) is 1.22. The van der Waals surface area contributed by atoms with Crippen molar-refractivity contribution in [3.63, 3.8) is 0 Å². The number of hydrogen-bond acceptors (Lipinski definition) is 7. The summed E-state index contributed by atoms with van der Waals surface area (Å²) in [4.78, 5) is 7.43. The standard InChI is InChI=1S/C8H10ClN7O2S/c1-16-8(12-4-13-16)15-19(17,18)5-2-6(9)7(14-10)11-3-5/h2-4H,10H2,1H3,(H,11,14)(H,12,13,15). The predicted octanol–water partition coefficient (Wildman–Crippen LogP) is -0.0501. The van der Waals surface area contributed by atoms with Gasteiger partial charge in [0.15, 0.2) is 5.82 Å². The SMILES string of the molecule is Cn1ncnc1NS(=O)(=O)c1cnc(NN)c(Cl)c1. The molecule has 0 saturated carbocycles. The van der Waals surface area contributed by atoms with Gasteiger partial charge in [-0.2, -0.15) is 10.1 Å². The Hall–Kier alpha value is -1.91. The zero-order valence-electron chi connectivity index (χ0n) is 9.70. The maximum Gasteiger partial charge on any atom is 0.265 e. The molecular weight excluding hydrogens is 294 g/mol. The van der Waals surface area contributed by atoms with Crippen molar-refractivity contribution in [1.29, 1.82) is 0 Å². The highest BCUT2D eigenvalue weighted by Gasteiger charge is 2.18. The lowest BCUT2D eigenvalue weighted by molar-refractivity contribution is 0.599. The van der Waals surface area contributed by atoms with E-state index in [0.717, 1.165) is 6.20 Å². The summed E-state index contributed by atoms with van der Waals surface area (Å²) in [5.41, 5.74) is 2.24. The monoisotopic (exact) mass is 303 g/mol. The van der Waals surface area contributed by atoms with Crippen LogP contribution >= 0.6 is 11.6 Å². The minimum absolute atomic E-state index is 0.0807. The van der Waals surface area contributed by atoms with Crippen LogP contribution in [0.4, 0.5) is 11.8 Å². The molecule has 0 aromatic carbocycles. The van der Waals surface area contributed by atoms with Crippen LogP contribution in [0.2, 0.25) is 5.02 Å². The normalized spacial score (nSPS) is 11.3. The van der Waals surface area contributed by atoms with Crippen LogP contribution in [-0.4, -0.2) is 28.2 Å². The fourth-order valence-electron chi connectivity index (χ4n) is 1.24. The molecule has 0 saturated heterocycles. The Morgan fingerprint density at radius 2 is 2.16 bits per heavy atom. The molecule has 0 aliphatic rings. The minimum Gasteiger partial charge on any atom is -0.307 e. The van der Waals surface area contributed by atoms with Crippen LogP contribution in [0.3, 0.4) is 0 Å². The van der Waals surface area contributed by atoms with Crippen LogP contribution in [-0.2, 0) is 17.1 Å². The van der Waals surface area contributed by atoms with Gasteiger partial charge in [0.05, 0.1) is 5.02 Å². The molecule has 0 atom stereocenters. The molecular formula is C8H10ClN7O2S. The quantitative estimate of drug-likeness (QED) is 0.533. The number of hydrazine groups is 1. The molecule has 2 heterocycles. The van der Waals surface area contributed by atoms with Gasteiger partial charge in [0.1, 0.15) is 11.2 Å². The van der Waals surface area contributed by atoms with Crippen LogP contribution in [0.1, 0.15) is 0 Å². The van der Waals surface area contributed by atoms with Crippen LogP contribution in [0.15, 0.2) is 23.5 Å². The number of hydrogen-bond donors (Lipinski definition) is 3. The number of halogens is 1. The number of rotatable bonds is 4. The second-order valence-corrected chi connectivity index (χ2v) is 5.55. The highest BCUT2D eigenvalue weighted by Crippen LogP contribution is 2.22. The lowest BCUT2D eigenvalue weighted by atomic mass is 10.5. The number of nitrogens with one attached hydrogen (secondary N) is 2. The first-order chi connectivity index (χ1) is 8.94. The van der Waals surface area contributed by atoms with Gasteiger partial charge in [0, 0.05) is 13.2 Å². The molecule has 2 rings (SSSR count). The summed E-state index contributed by atoms with van der Waals surface area (Å²) in [5.74, 6) is 5.42. The van der Waals surface area contributed by atoms with Crippen molar-refractivity contribution in [1.82, 2.24) is 19.7 Å². The second-order valence-electron chi connectivity index (χ2n) is 3.46. The zero-order valence-corrected chi connectivity index (χ0v) is 11.3. The number of pyridine rings is 1. The molecule has 0 aliphatic heterocycles. The molecule has 0 amide bonds. The molecule has 0 spiro atoms. The molecule has 4 N–H and O–H groups in total. The first-order valence-electron chi connectivity index (χ1n) is 4.93. The van der Waals surface area contributed by atoms with Gasteiger partial charge in [-0.1, -0.05) is 11.6 Å². The number of sulfonamides is 1. The lowest BCUT2D eigenvalue weighted by Crippen LogP contribution is -2.17. The molecule has 0 aliphatic carbocycles. The van der Waals surface area contributed by atoms with E-state index in [1.807, 2.05) is 0 Å². The van der Waals surface area contributed by atoms with Crippen LogP contribution in [0, 0.1) is 0 Å². The van der Waals surface area contributed by atoms with Crippen LogP contribution in [0.5, 0.6) is 0 Å². The zero-order chi connectivity index (χ0) is 14.0. The summed E-state index contributed by atoms with van der Waals surface area (Å²) in [6.45, 7) is 0. The Balaban J connectivity index is 2.35. The molecule has 0 bridgehead atoms. The molecule has 0 unspecified atom stereocenters. The first kappa shape index (κ1) is 13.5. The molecule has 2 aromatic rings. The summed E-state index contributed by atoms with van der Waals surface area (Å²) >= 11 is 5.82. The van der Waals surface area contributed by atoms with E-state index in [0.29, 0.717) is 0 Å².